The molecule has 0 aliphatic carbocycles. The van der Waals surface area contributed by atoms with Crippen molar-refractivity contribution in [3.8, 4) is 11.3 Å². The predicted molar refractivity (Wildman–Crippen MR) is 95.3 cm³/mol. The van der Waals surface area contributed by atoms with Gasteiger partial charge in [0, 0.05) is 22.4 Å². The van der Waals surface area contributed by atoms with E-state index in [1.165, 1.54) is 10.5 Å². The van der Waals surface area contributed by atoms with E-state index in [1.54, 1.807) is 29.5 Å². The van der Waals surface area contributed by atoms with Crippen LogP contribution in [0.2, 0.25) is 0 Å². The molecule has 2 aromatic heterocycles. The normalized spacial score (nSPS) is 10.8. The molecule has 0 fully saturated rings. The van der Waals surface area contributed by atoms with E-state index in [0.29, 0.717) is 0 Å². The monoisotopic (exact) mass is 330 g/mol. The van der Waals surface area contributed by atoms with Crippen LogP contribution in [0.25, 0.3) is 11.3 Å². The summed E-state index contributed by atoms with van der Waals surface area (Å²) in [6.45, 7) is 3.94. The zero-order valence-electron chi connectivity index (χ0n) is 12.3. The van der Waals surface area contributed by atoms with E-state index in [9.17, 15) is 0 Å². The van der Waals surface area contributed by atoms with Crippen molar-refractivity contribution in [2.45, 2.75) is 18.4 Å². The fourth-order valence-corrected chi connectivity index (χ4v) is 3.62. The highest BCUT2D eigenvalue weighted by Crippen LogP contribution is 2.33. The highest BCUT2D eigenvalue weighted by molar-refractivity contribution is 8.00. The van der Waals surface area contributed by atoms with Gasteiger partial charge in [-0.15, -0.1) is 0 Å². The van der Waals surface area contributed by atoms with Gasteiger partial charge in [-0.2, -0.15) is 11.3 Å². The van der Waals surface area contributed by atoms with E-state index >= 15 is 0 Å². The van der Waals surface area contributed by atoms with Gasteiger partial charge in [0.2, 0.25) is 0 Å². The Bertz CT molecular complexity index is 694. The second kappa shape index (κ2) is 7.54. The minimum atomic E-state index is 0.863. The van der Waals surface area contributed by atoms with Crippen LogP contribution in [0, 0.1) is 0 Å². The van der Waals surface area contributed by atoms with Crippen LogP contribution in [0.1, 0.15) is 12.5 Å². The van der Waals surface area contributed by atoms with Crippen molar-refractivity contribution >= 4 is 29.0 Å². The summed E-state index contributed by atoms with van der Waals surface area (Å²) >= 11 is 3.32. The first-order valence-corrected chi connectivity index (χ1v) is 8.95. The molecule has 1 aromatic carbocycles. The van der Waals surface area contributed by atoms with E-state index in [0.717, 1.165) is 30.1 Å². The molecule has 0 saturated carbocycles. The van der Waals surface area contributed by atoms with Crippen molar-refractivity contribution in [2.24, 2.45) is 0 Å². The van der Waals surface area contributed by atoms with Crippen LogP contribution in [0.3, 0.4) is 0 Å². The smallest absolute Gasteiger partial charge is 0.135 e. The van der Waals surface area contributed by atoms with Crippen LogP contribution in [0.15, 0.2) is 62.7 Å². The van der Waals surface area contributed by atoms with Crippen molar-refractivity contribution in [3.63, 3.8) is 0 Å². The Balaban J connectivity index is 1.84. The summed E-state index contributed by atoms with van der Waals surface area (Å²) in [5, 5.41) is 7.57. The predicted octanol–water partition coefficient (Wildman–Crippen LogP) is 5.24. The molecule has 2 N–H and O–H groups in total. The third kappa shape index (κ3) is 3.74. The standard InChI is InChI=1S/C17H18N2OS2/c1-2-18-11-13-5-6-16(19-22-14-7-9-21-12-14)15(10-13)17-4-3-8-20-17/h3-10,12,18-19H,2,11H2,1H3. The molecule has 0 atom stereocenters. The quantitative estimate of drug-likeness (QED) is 0.581. The van der Waals surface area contributed by atoms with E-state index in [1.807, 2.05) is 12.1 Å². The van der Waals surface area contributed by atoms with Crippen LogP contribution in [-0.4, -0.2) is 6.54 Å². The Kier molecular flexibility index (Phi) is 5.21. The van der Waals surface area contributed by atoms with Crippen LogP contribution >= 0.6 is 23.3 Å². The minimum absolute atomic E-state index is 0.863. The molecule has 0 unspecified atom stereocenters. The maximum Gasteiger partial charge on any atom is 0.135 e. The van der Waals surface area contributed by atoms with Crippen molar-refractivity contribution < 1.29 is 4.42 Å². The molecule has 2 heterocycles. The number of rotatable bonds is 7. The minimum Gasteiger partial charge on any atom is -0.464 e. The average Bonchev–Trinajstić information content (AvgIpc) is 3.24. The first kappa shape index (κ1) is 15.2. The Labute approximate surface area is 138 Å². The summed E-state index contributed by atoms with van der Waals surface area (Å²) in [5.74, 6) is 0.881. The molecule has 3 nitrogen and oxygen atoms in total. The number of benzene rings is 1. The van der Waals surface area contributed by atoms with Gasteiger partial charge >= 0.3 is 0 Å². The first-order chi connectivity index (χ1) is 10.9. The zero-order chi connectivity index (χ0) is 15.2. The fourth-order valence-electron chi connectivity index (χ4n) is 2.12. The fraction of sp³-hybridized carbons (Fsp3) is 0.176. The lowest BCUT2D eigenvalue weighted by Gasteiger charge is -2.12. The van der Waals surface area contributed by atoms with Crippen molar-refractivity contribution in [1.82, 2.24) is 5.32 Å². The maximum absolute atomic E-state index is 5.59. The summed E-state index contributed by atoms with van der Waals surface area (Å²) in [7, 11) is 0. The molecule has 0 amide bonds. The number of anilines is 1. The van der Waals surface area contributed by atoms with E-state index in [4.69, 9.17) is 4.42 Å². The highest BCUT2D eigenvalue weighted by atomic mass is 32.2. The third-order valence-corrected chi connectivity index (χ3v) is 4.87. The van der Waals surface area contributed by atoms with Gasteiger partial charge in [0.05, 0.1) is 12.0 Å². The van der Waals surface area contributed by atoms with E-state index < -0.39 is 0 Å². The number of nitrogens with one attached hydrogen (secondary N) is 2. The molecule has 114 valence electrons. The Morgan fingerprint density at radius 2 is 2.18 bits per heavy atom. The van der Waals surface area contributed by atoms with Gasteiger partial charge in [0.15, 0.2) is 0 Å². The number of hydrogen-bond acceptors (Lipinski definition) is 5. The van der Waals surface area contributed by atoms with Gasteiger partial charge in [0.1, 0.15) is 5.76 Å². The number of hydrogen-bond donors (Lipinski definition) is 2. The Hall–Kier alpha value is -1.69. The average molecular weight is 330 g/mol. The molecule has 0 aliphatic rings. The topological polar surface area (TPSA) is 37.2 Å². The zero-order valence-corrected chi connectivity index (χ0v) is 14.0. The molecular weight excluding hydrogens is 312 g/mol. The van der Waals surface area contributed by atoms with Crippen LogP contribution in [-0.2, 0) is 6.54 Å². The molecule has 3 rings (SSSR count). The maximum atomic E-state index is 5.59. The highest BCUT2D eigenvalue weighted by Gasteiger charge is 2.09. The largest absolute Gasteiger partial charge is 0.464 e. The molecule has 0 radical (unpaired) electrons. The summed E-state index contributed by atoms with van der Waals surface area (Å²) in [6.07, 6.45) is 1.71. The molecule has 3 aromatic rings. The van der Waals surface area contributed by atoms with Crippen molar-refractivity contribution in [3.05, 3.63) is 59.0 Å². The third-order valence-electron chi connectivity index (χ3n) is 3.22. The number of furan rings is 1. The SMILES string of the molecule is CCNCc1ccc(NSc2ccsc2)c(-c2ccco2)c1. The summed E-state index contributed by atoms with van der Waals surface area (Å²) in [6, 6.07) is 12.5. The molecule has 0 aliphatic heterocycles. The molecular formula is C17H18N2OS2. The van der Waals surface area contributed by atoms with Crippen molar-refractivity contribution in [2.75, 3.05) is 11.3 Å². The van der Waals surface area contributed by atoms with Gasteiger partial charge in [0.25, 0.3) is 0 Å². The summed E-state index contributed by atoms with van der Waals surface area (Å²) in [4.78, 5) is 1.21. The summed E-state index contributed by atoms with van der Waals surface area (Å²) < 4.78 is 9.02. The molecule has 0 spiro atoms. The van der Waals surface area contributed by atoms with Gasteiger partial charge in [-0.05, 0) is 59.8 Å². The lowest BCUT2D eigenvalue weighted by atomic mass is 10.1. The molecule has 5 heteroatoms. The first-order valence-electron chi connectivity index (χ1n) is 7.19. The lowest BCUT2D eigenvalue weighted by Crippen LogP contribution is -2.11. The second-order valence-corrected chi connectivity index (χ2v) is 6.46. The van der Waals surface area contributed by atoms with E-state index in [-0.39, 0.29) is 0 Å². The molecule has 0 saturated heterocycles. The van der Waals surface area contributed by atoms with Crippen molar-refractivity contribution in [1.29, 1.82) is 0 Å². The van der Waals surface area contributed by atoms with Gasteiger partial charge in [-0.25, -0.2) is 0 Å². The van der Waals surface area contributed by atoms with Gasteiger partial charge in [-0.1, -0.05) is 13.0 Å². The summed E-state index contributed by atoms with van der Waals surface area (Å²) in [5.41, 5.74) is 3.40. The van der Waals surface area contributed by atoms with E-state index in [2.05, 4.69) is 52.0 Å². The lowest BCUT2D eigenvalue weighted by molar-refractivity contribution is 0.582. The molecule has 0 bridgehead atoms. The second-order valence-electron chi connectivity index (χ2n) is 4.80. The van der Waals surface area contributed by atoms with Crippen LogP contribution in [0.5, 0.6) is 0 Å². The Morgan fingerprint density at radius 1 is 1.23 bits per heavy atom. The van der Waals surface area contributed by atoms with Crippen LogP contribution < -0.4 is 10.0 Å². The Morgan fingerprint density at radius 3 is 2.91 bits per heavy atom. The van der Waals surface area contributed by atoms with Gasteiger partial charge in [-0.3, -0.25) is 0 Å². The molecule has 22 heavy (non-hydrogen) atoms. The number of thiophene rings is 1. The van der Waals surface area contributed by atoms with Crippen LogP contribution in [0.4, 0.5) is 5.69 Å². The van der Waals surface area contributed by atoms with Gasteiger partial charge < -0.3 is 14.5 Å².